The van der Waals surface area contributed by atoms with Crippen LogP contribution in [-0.4, -0.2) is 40.3 Å². The fourth-order valence-electron chi connectivity index (χ4n) is 1.97. The van der Waals surface area contributed by atoms with E-state index in [1.165, 1.54) is 0 Å². The van der Waals surface area contributed by atoms with E-state index in [4.69, 9.17) is 10.9 Å². The summed E-state index contributed by atoms with van der Waals surface area (Å²) in [5.41, 5.74) is 6.15. The number of anilines is 1. The quantitative estimate of drug-likeness (QED) is 0.294. The van der Waals surface area contributed by atoms with E-state index in [9.17, 15) is 5.11 Å². The summed E-state index contributed by atoms with van der Waals surface area (Å²) in [5, 5.41) is 21.2. The Labute approximate surface area is 99.4 Å². The summed E-state index contributed by atoms with van der Waals surface area (Å²) < 4.78 is 0. The van der Waals surface area contributed by atoms with Gasteiger partial charge in [0.05, 0.1) is 6.10 Å². The van der Waals surface area contributed by atoms with E-state index in [0.29, 0.717) is 12.1 Å². The number of nitrogens with zero attached hydrogens (tertiary/aromatic N) is 3. The first-order chi connectivity index (χ1) is 8.20. The molecule has 6 nitrogen and oxygen atoms in total. The van der Waals surface area contributed by atoms with Crippen LogP contribution in [0.25, 0.3) is 0 Å². The molecule has 1 saturated heterocycles. The molecule has 0 radical (unpaired) electrons. The highest BCUT2D eigenvalue weighted by molar-refractivity contribution is 5.97. The van der Waals surface area contributed by atoms with Crippen LogP contribution in [0.5, 0.6) is 0 Å². The normalized spacial score (nSPS) is 21.6. The fourth-order valence-corrected chi connectivity index (χ4v) is 1.97. The summed E-state index contributed by atoms with van der Waals surface area (Å²) in [6, 6.07) is 3.44. The molecule has 0 aromatic carbocycles. The van der Waals surface area contributed by atoms with Crippen molar-refractivity contribution >= 4 is 11.7 Å². The highest BCUT2D eigenvalue weighted by Crippen LogP contribution is 2.18. The minimum Gasteiger partial charge on any atom is -0.409 e. The standard InChI is InChI=1S/C11H16N4O2/c12-11(14-17)8-3-4-13-10(6-8)15-5-1-2-9(16)7-15/h3-4,6,9,16-17H,1-2,5,7H2,(H2,12,14). The van der Waals surface area contributed by atoms with Crippen LogP contribution < -0.4 is 10.6 Å². The van der Waals surface area contributed by atoms with E-state index < -0.39 is 0 Å². The average Bonchev–Trinajstić information content (AvgIpc) is 2.38. The van der Waals surface area contributed by atoms with Crippen molar-refractivity contribution in [3.63, 3.8) is 0 Å². The molecule has 0 amide bonds. The third-order valence-electron chi connectivity index (χ3n) is 2.87. The zero-order valence-electron chi connectivity index (χ0n) is 9.45. The summed E-state index contributed by atoms with van der Waals surface area (Å²) in [6.07, 6.45) is 3.08. The van der Waals surface area contributed by atoms with Gasteiger partial charge in [-0.05, 0) is 25.0 Å². The molecule has 1 aromatic rings. The van der Waals surface area contributed by atoms with E-state index in [-0.39, 0.29) is 11.9 Å². The number of rotatable bonds is 2. The third-order valence-corrected chi connectivity index (χ3v) is 2.87. The molecular formula is C11H16N4O2. The summed E-state index contributed by atoms with van der Waals surface area (Å²) in [6.45, 7) is 1.44. The van der Waals surface area contributed by atoms with Gasteiger partial charge in [-0.2, -0.15) is 0 Å². The van der Waals surface area contributed by atoms with Crippen LogP contribution in [0.4, 0.5) is 5.82 Å². The summed E-state index contributed by atoms with van der Waals surface area (Å²) in [4.78, 5) is 6.24. The molecule has 1 unspecified atom stereocenters. The molecule has 1 fully saturated rings. The molecule has 6 heteroatoms. The van der Waals surface area contributed by atoms with Gasteiger partial charge in [0.1, 0.15) is 5.82 Å². The molecule has 4 N–H and O–H groups in total. The Kier molecular flexibility index (Phi) is 3.43. The van der Waals surface area contributed by atoms with Crippen molar-refractivity contribution in [3.05, 3.63) is 23.9 Å². The van der Waals surface area contributed by atoms with Gasteiger partial charge in [-0.15, -0.1) is 0 Å². The van der Waals surface area contributed by atoms with Crippen molar-refractivity contribution in [2.45, 2.75) is 18.9 Å². The number of aromatic nitrogens is 1. The number of aliphatic hydroxyl groups is 1. The van der Waals surface area contributed by atoms with Gasteiger partial charge in [-0.3, -0.25) is 0 Å². The lowest BCUT2D eigenvalue weighted by Crippen LogP contribution is -2.38. The van der Waals surface area contributed by atoms with Gasteiger partial charge >= 0.3 is 0 Å². The van der Waals surface area contributed by atoms with Crippen LogP contribution in [0, 0.1) is 0 Å². The smallest absolute Gasteiger partial charge is 0.170 e. The number of oxime groups is 1. The molecule has 1 aromatic heterocycles. The second-order valence-electron chi connectivity index (χ2n) is 4.13. The molecule has 0 spiro atoms. The van der Waals surface area contributed by atoms with Gasteiger partial charge in [0, 0.05) is 24.8 Å². The molecule has 2 heterocycles. The average molecular weight is 236 g/mol. The molecular weight excluding hydrogens is 220 g/mol. The fraction of sp³-hybridized carbons (Fsp3) is 0.455. The predicted molar refractivity (Wildman–Crippen MR) is 64.2 cm³/mol. The van der Waals surface area contributed by atoms with Gasteiger partial charge < -0.3 is 20.9 Å². The highest BCUT2D eigenvalue weighted by atomic mass is 16.4. The lowest BCUT2D eigenvalue weighted by Gasteiger charge is -2.31. The lowest BCUT2D eigenvalue weighted by molar-refractivity contribution is 0.154. The van der Waals surface area contributed by atoms with Crippen LogP contribution >= 0.6 is 0 Å². The van der Waals surface area contributed by atoms with Crippen molar-refractivity contribution in [3.8, 4) is 0 Å². The first-order valence-electron chi connectivity index (χ1n) is 5.57. The van der Waals surface area contributed by atoms with E-state index in [0.717, 1.165) is 25.2 Å². The second-order valence-corrected chi connectivity index (χ2v) is 4.13. The minimum atomic E-state index is -0.307. The summed E-state index contributed by atoms with van der Waals surface area (Å²) in [7, 11) is 0. The second kappa shape index (κ2) is 5.01. The molecule has 1 aliphatic heterocycles. The van der Waals surface area contributed by atoms with Crippen molar-refractivity contribution in [1.82, 2.24) is 4.98 Å². The zero-order valence-corrected chi connectivity index (χ0v) is 9.45. The van der Waals surface area contributed by atoms with Crippen molar-refractivity contribution in [2.24, 2.45) is 10.9 Å². The van der Waals surface area contributed by atoms with E-state index in [1.54, 1.807) is 18.3 Å². The van der Waals surface area contributed by atoms with Crippen LogP contribution in [0.15, 0.2) is 23.5 Å². The van der Waals surface area contributed by atoms with Crippen molar-refractivity contribution in [2.75, 3.05) is 18.0 Å². The topological polar surface area (TPSA) is 95.0 Å². The maximum absolute atomic E-state index is 9.61. The SMILES string of the molecule is NC(=NO)c1ccnc(N2CCCC(O)C2)c1. The Hall–Kier alpha value is -1.82. The minimum absolute atomic E-state index is 0.0613. The number of aliphatic hydroxyl groups excluding tert-OH is 1. The molecule has 1 aliphatic rings. The Morgan fingerprint density at radius 1 is 1.59 bits per heavy atom. The van der Waals surface area contributed by atoms with Crippen molar-refractivity contribution in [1.29, 1.82) is 0 Å². The maximum atomic E-state index is 9.61. The number of nitrogens with two attached hydrogens (primary N) is 1. The number of β-amino-alcohol motifs (C(OH)–C–C–N with tert-alkyl or cyclic N) is 1. The van der Waals surface area contributed by atoms with Gasteiger partial charge in [-0.25, -0.2) is 4.98 Å². The number of amidine groups is 1. The largest absolute Gasteiger partial charge is 0.409 e. The van der Waals surface area contributed by atoms with Crippen LogP contribution in [-0.2, 0) is 0 Å². The van der Waals surface area contributed by atoms with E-state index in [2.05, 4.69) is 10.1 Å². The molecule has 2 rings (SSSR count). The van der Waals surface area contributed by atoms with Crippen LogP contribution in [0.3, 0.4) is 0 Å². The molecule has 0 aliphatic carbocycles. The molecule has 92 valence electrons. The molecule has 0 saturated carbocycles. The Balaban J connectivity index is 2.21. The lowest BCUT2D eigenvalue weighted by atomic mass is 10.1. The molecule has 1 atom stereocenters. The summed E-state index contributed by atoms with van der Waals surface area (Å²) in [5.74, 6) is 0.805. The number of hydrogen-bond acceptors (Lipinski definition) is 5. The van der Waals surface area contributed by atoms with Gasteiger partial charge in [-0.1, -0.05) is 5.16 Å². The Morgan fingerprint density at radius 2 is 2.41 bits per heavy atom. The monoisotopic (exact) mass is 236 g/mol. The van der Waals surface area contributed by atoms with E-state index in [1.807, 2.05) is 4.90 Å². The number of hydrogen-bond donors (Lipinski definition) is 3. The first-order valence-corrected chi connectivity index (χ1v) is 5.57. The highest BCUT2D eigenvalue weighted by Gasteiger charge is 2.19. The third kappa shape index (κ3) is 2.65. The van der Waals surface area contributed by atoms with Gasteiger partial charge in [0.2, 0.25) is 0 Å². The molecule has 17 heavy (non-hydrogen) atoms. The Morgan fingerprint density at radius 3 is 3.12 bits per heavy atom. The number of pyridine rings is 1. The summed E-state index contributed by atoms with van der Waals surface area (Å²) >= 11 is 0. The number of piperidine rings is 1. The van der Waals surface area contributed by atoms with Crippen LogP contribution in [0.1, 0.15) is 18.4 Å². The van der Waals surface area contributed by atoms with E-state index >= 15 is 0 Å². The molecule has 0 bridgehead atoms. The zero-order chi connectivity index (χ0) is 12.3. The van der Waals surface area contributed by atoms with Gasteiger partial charge in [0.15, 0.2) is 5.84 Å². The predicted octanol–water partition coefficient (Wildman–Crippen LogP) is 0.137. The van der Waals surface area contributed by atoms with Crippen molar-refractivity contribution < 1.29 is 10.3 Å². The van der Waals surface area contributed by atoms with Crippen LogP contribution in [0.2, 0.25) is 0 Å². The maximum Gasteiger partial charge on any atom is 0.170 e. The first kappa shape index (κ1) is 11.7. The Bertz CT molecular complexity index is 422. The van der Waals surface area contributed by atoms with Gasteiger partial charge in [0.25, 0.3) is 0 Å².